The normalized spacial score (nSPS) is 12.8. The first-order chi connectivity index (χ1) is 7.54. The van der Waals surface area contributed by atoms with E-state index in [1.54, 1.807) is 24.3 Å². The van der Waals surface area contributed by atoms with Crippen molar-refractivity contribution in [3.05, 3.63) is 29.8 Å². The summed E-state index contributed by atoms with van der Waals surface area (Å²) < 4.78 is 24.2. The number of nitrogens with zero attached hydrogens (tertiary/aromatic N) is 1. The van der Waals surface area contributed by atoms with Crippen molar-refractivity contribution in [2.45, 2.75) is 30.4 Å². The van der Waals surface area contributed by atoms with E-state index >= 15 is 0 Å². The second kappa shape index (κ2) is 5.86. The fourth-order valence-electron chi connectivity index (χ4n) is 1.47. The van der Waals surface area contributed by atoms with Crippen LogP contribution < -0.4 is 0 Å². The Morgan fingerprint density at radius 1 is 1.19 bits per heavy atom. The molecule has 0 N–H and O–H groups in total. The molecule has 16 heavy (non-hydrogen) atoms. The molecule has 1 rings (SSSR count). The molecule has 1 aromatic rings. The Morgan fingerprint density at radius 2 is 1.75 bits per heavy atom. The average molecular weight is 241 g/mol. The van der Waals surface area contributed by atoms with Gasteiger partial charge in [-0.3, -0.25) is 0 Å². The van der Waals surface area contributed by atoms with Crippen LogP contribution >= 0.6 is 11.8 Å². The van der Waals surface area contributed by atoms with Crippen molar-refractivity contribution in [2.75, 3.05) is 0 Å². The van der Waals surface area contributed by atoms with Gasteiger partial charge in [0.1, 0.15) is 0 Å². The van der Waals surface area contributed by atoms with Gasteiger partial charge >= 0.3 is 0 Å². The van der Waals surface area contributed by atoms with E-state index in [0.29, 0.717) is 16.7 Å². The van der Waals surface area contributed by atoms with Crippen molar-refractivity contribution >= 4 is 11.8 Å². The zero-order valence-electron chi connectivity index (χ0n) is 9.15. The first kappa shape index (κ1) is 13.0. The van der Waals surface area contributed by atoms with Crippen LogP contribution in [-0.4, -0.2) is 5.76 Å². The quantitative estimate of drug-likeness (QED) is 0.735. The van der Waals surface area contributed by atoms with Crippen LogP contribution in [0.5, 0.6) is 0 Å². The number of hydrogen-bond acceptors (Lipinski definition) is 2. The molecule has 0 amide bonds. The van der Waals surface area contributed by atoms with Crippen molar-refractivity contribution in [3.63, 3.8) is 0 Å². The topological polar surface area (TPSA) is 23.8 Å². The van der Waals surface area contributed by atoms with Crippen LogP contribution in [0.1, 0.15) is 25.3 Å². The minimum Gasteiger partial charge on any atom is -0.198 e. The van der Waals surface area contributed by atoms with Gasteiger partial charge in [0.2, 0.25) is 0 Å². The van der Waals surface area contributed by atoms with E-state index in [1.165, 1.54) is 0 Å². The molecule has 0 bridgehead atoms. The number of nitriles is 1. The predicted molar refractivity (Wildman–Crippen MR) is 61.5 cm³/mol. The third kappa shape index (κ3) is 3.49. The van der Waals surface area contributed by atoms with Crippen LogP contribution in [-0.2, 0) is 0 Å². The van der Waals surface area contributed by atoms with E-state index < -0.39 is 5.76 Å². The van der Waals surface area contributed by atoms with Crippen molar-refractivity contribution in [2.24, 2.45) is 5.92 Å². The molecule has 1 atom stereocenters. The van der Waals surface area contributed by atoms with Gasteiger partial charge in [0, 0.05) is 4.90 Å². The monoisotopic (exact) mass is 241 g/mol. The van der Waals surface area contributed by atoms with Gasteiger partial charge in [0.25, 0.3) is 5.76 Å². The number of benzene rings is 1. The van der Waals surface area contributed by atoms with Crippen LogP contribution in [0.15, 0.2) is 29.2 Å². The number of hydrogen-bond donors (Lipinski definition) is 0. The molecule has 0 aliphatic rings. The number of alkyl halides is 2. The summed E-state index contributed by atoms with van der Waals surface area (Å²) in [5, 5.41) is 8.99. The van der Waals surface area contributed by atoms with Crippen molar-refractivity contribution in [1.82, 2.24) is 0 Å². The molecule has 4 heteroatoms. The molecule has 0 fully saturated rings. The summed E-state index contributed by atoms with van der Waals surface area (Å²) in [4.78, 5) is 0.527. The maximum absolute atomic E-state index is 12.1. The summed E-state index contributed by atoms with van der Waals surface area (Å²) >= 11 is 0.519. The zero-order valence-corrected chi connectivity index (χ0v) is 9.97. The van der Waals surface area contributed by atoms with E-state index in [2.05, 4.69) is 6.07 Å². The summed E-state index contributed by atoms with van der Waals surface area (Å²) in [7, 11) is 0. The molecule has 0 aliphatic carbocycles. The lowest BCUT2D eigenvalue weighted by atomic mass is 9.90. The van der Waals surface area contributed by atoms with Crippen LogP contribution in [0.4, 0.5) is 8.78 Å². The Hall–Kier alpha value is -1.08. The zero-order chi connectivity index (χ0) is 12.1. The fourth-order valence-corrected chi connectivity index (χ4v) is 1.96. The Morgan fingerprint density at radius 3 is 2.12 bits per heavy atom. The Bertz CT molecular complexity index is 368. The summed E-state index contributed by atoms with van der Waals surface area (Å²) in [6.45, 7) is 3.94. The van der Waals surface area contributed by atoms with E-state index in [1.807, 2.05) is 13.8 Å². The average Bonchev–Trinajstić information content (AvgIpc) is 2.20. The Labute approximate surface area is 98.5 Å². The van der Waals surface area contributed by atoms with Gasteiger partial charge in [-0.1, -0.05) is 37.7 Å². The maximum Gasteiger partial charge on any atom is 0.288 e. The van der Waals surface area contributed by atoms with Gasteiger partial charge < -0.3 is 0 Å². The molecule has 0 aliphatic heterocycles. The lowest BCUT2D eigenvalue weighted by Crippen LogP contribution is -2.03. The standard InChI is InChI=1S/C12H13F2NS/c1-8(2)11(7-15)9-3-5-10(6-4-9)16-12(13)14/h3-6,8,11-12H,1-2H3. The molecule has 0 saturated heterocycles. The lowest BCUT2D eigenvalue weighted by Gasteiger charge is -2.13. The highest BCUT2D eigenvalue weighted by molar-refractivity contribution is 7.99. The Balaban J connectivity index is 2.82. The van der Waals surface area contributed by atoms with Crippen LogP contribution in [0, 0.1) is 17.2 Å². The number of halogens is 2. The number of rotatable bonds is 4. The van der Waals surface area contributed by atoms with Crippen molar-refractivity contribution < 1.29 is 8.78 Å². The molecular weight excluding hydrogens is 228 g/mol. The van der Waals surface area contributed by atoms with Gasteiger partial charge in [-0.25, -0.2) is 0 Å². The first-order valence-electron chi connectivity index (χ1n) is 4.99. The summed E-state index contributed by atoms with van der Waals surface area (Å²) in [6, 6.07) is 9.00. The molecule has 0 spiro atoms. The number of thioether (sulfide) groups is 1. The van der Waals surface area contributed by atoms with Gasteiger partial charge in [0.15, 0.2) is 0 Å². The second-order valence-corrected chi connectivity index (χ2v) is 4.86. The van der Waals surface area contributed by atoms with Gasteiger partial charge in [-0.15, -0.1) is 0 Å². The van der Waals surface area contributed by atoms with E-state index in [4.69, 9.17) is 5.26 Å². The van der Waals surface area contributed by atoms with Crippen LogP contribution in [0.2, 0.25) is 0 Å². The van der Waals surface area contributed by atoms with Crippen LogP contribution in [0.3, 0.4) is 0 Å². The smallest absolute Gasteiger partial charge is 0.198 e. The highest BCUT2D eigenvalue weighted by Crippen LogP contribution is 2.28. The molecule has 0 saturated carbocycles. The molecule has 0 radical (unpaired) electrons. The first-order valence-corrected chi connectivity index (χ1v) is 5.87. The van der Waals surface area contributed by atoms with Crippen molar-refractivity contribution in [3.8, 4) is 6.07 Å². The minimum atomic E-state index is -2.40. The molecule has 1 nitrogen and oxygen atoms in total. The molecule has 1 unspecified atom stereocenters. The summed E-state index contributed by atoms with van der Waals surface area (Å²) in [5.74, 6) is -2.35. The minimum absolute atomic E-state index is 0.175. The van der Waals surface area contributed by atoms with E-state index in [9.17, 15) is 8.78 Å². The van der Waals surface area contributed by atoms with Crippen LogP contribution in [0.25, 0.3) is 0 Å². The largest absolute Gasteiger partial charge is 0.288 e. The third-order valence-corrected chi connectivity index (χ3v) is 2.99. The van der Waals surface area contributed by atoms with Crippen molar-refractivity contribution in [1.29, 1.82) is 5.26 Å². The summed E-state index contributed by atoms with van der Waals surface area (Å²) in [5.41, 5.74) is 0.885. The van der Waals surface area contributed by atoms with Gasteiger partial charge in [-0.2, -0.15) is 14.0 Å². The molecular formula is C12H13F2NS. The highest BCUT2D eigenvalue weighted by atomic mass is 32.2. The molecule has 1 aromatic carbocycles. The van der Waals surface area contributed by atoms with E-state index in [0.717, 1.165) is 5.56 Å². The lowest BCUT2D eigenvalue weighted by molar-refractivity contribution is 0.252. The van der Waals surface area contributed by atoms with Gasteiger partial charge in [0.05, 0.1) is 12.0 Å². The molecule has 86 valence electrons. The predicted octanol–water partition coefficient (Wildman–Crippen LogP) is 4.26. The SMILES string of the molecule is CC(C)C(C#N)c1ccc(SC(F)F)cc1. The maximum atomic E-state index is 12.1. The molecule has 0 heterocycles. The fraction of sp³-hybridized carbons (Fsp3) is 0.417. The van der Waals surface area contributed by atoms with Gasteiger partial charge in [-0.05, 0) is 23.6 Å². The Kier molecular flexibility index (Phi) is 4.75. The van der Waals surface area contributed by atoms with E-state index in [-0.39, 0.29) is 11.8 Å². The highest BCUT2D eigenvalue weighted by Gasteiger charge is 2.15. The second-order valence-electron chi connectivity index (χ2n) is 3.80. The third-order valence-electron chi connectivity index (χ3n) is 2.27. The molecule has 0 aromatic heterocycles. The summed E-state index contributed by atoms with van der Waals surface area (Å²) in [6.07, 6.45) is 0.